The summed E-state index contributed by atoms with van der Waals surface area (Å²) in [4.78, 5) is 25.4. The first-order valence-corrected chi connectivity index (χ1v) is 10.5. The Morgan fingerprint density at radius 3 is 2.78 bits per heavy atom. The van der Waals surface area contributed by atoms with Crippen LogP contribution in [0.25, 0.3) is 0 Å². The third-order valence-electron chi connectivity index (χ3n) is 5.24. The van der Waals surface area contributed by atoms with Crippen molar-refractivity contribution in [1.29, 1.82) is 0 Å². The second-order valence-electron chi connectivity index (χ2n) is 7.75. The molecule has 0 spiro atoms. The fourth-order valence-corrected chi connectivity index (χ4v) is 3.63. The van der Waals surface area contributed by atoms with Gasteiger partial charge in [0, 0.05) is 24.8 Å². The van der Waals surface area contributed by atoms with Crippen molar-refractivity contribution in [2.24, 2.45) is 0 Å². The molecule has 0 bridgehead atoms. The molecule has 0 aliphatic carbocycles. The van der Waals surface area contributed by atoms with Gasteiger partial charge >= 0.3 is 0 Å². The zero-order chi connectivity index (χ0) is 22.3. The van der Waals surface area contributed by atoms with Gasteiger partial charge in [-0.25, -0.2) is 14.4 Å². The molecule has 7 nitrogen and oxygen atoms in total. The second kappa shape index (κ2) is 10.3. The molecule has 0 saturated carbocycles. The smallest absolute Gasteiger partial charge is 0.236 e. The number of carbonyl (C=O) groups excluding carboxylic acids is 1. The van der Waals surface area contributed by atoms with Crippen molar-refractivity contribution in [3.8, 4) is 0 Å². The number of morpholine rings is 1. The molecule has 3 heterocycles. The Hall–Kier alpha value is -3.36. The van der Waals surface area contributed by atoms with Crippen LogP contribution in [0.3, 0.4) is 0 Å². The lowest BCUT2D eigenvalue weighted by molar-refractivity contribution is -0.140. The van der Waals surface area contributed by atoms with Crippen molar-refractivity contribution in [3.63, 3.8) is 0 Å². The predicted molar refractivity (Wildman–Crippen MR) is 120 cm³/mol. The highest BCUT2D eigenvalue weighted by Crippen LogP contribution is 2.23. The molecule has 1 atom stereocenters. The van der Waals surface area contributed by atoms with E-state index in [0.717, 1.165) is 5.69 Å². The largest absolute Gasteiger partial charge is 0.368 e. The number of pyridine rings is 2. The van der Waals surface area contributed by atoms with E-state index in [1.54, 1.807) is 29.3 Å². The van der Waals surface area contributed by atoms with E-state index in [1.165, 1.54) is 6.07 Å². The number of anilines is 2. The topological polar surface area (TPSA) is 70.6 Å². The number of halogens is 1. The fourth-order valence-electron chi connectivity index (χ4n) is 3.63. The number of hydrogen-bond acceptors (Lipinski definition) is 6. The number of likely N-dealkylation sites (N-methyl/N-ethyl adjacent to an activating group) is 1. The Kier molecular flexibility index (Phi) is 7.03. The van der Waals surface area contributed by atoms with Gasteiger partial charge in [0.15, 0.2) is 0 Å². The Bertz CT molecular complexity index is 1050. The molecule has 2 aromatic heterocycles. The molecule has 32 heavy (non-hydrogen) atoms. The van der Waals surface area contributed by atoms with Crippen LogP contribution in [0.1, 0.15) is 17.4 Å². The van der Waals surface area contributed by atoms with Gasteiger partial charge in [-0.1, -0.05) is 30.3 Å². The van der Waals surface area contributed by atoms with Gasteiger partial charge < -0.3 is 15.0 Å². The minimum Gasteiger partial charge on any atom is -0.368 e. The summed E-state index contributed by atoms with van der Waals surface area (Å²) in [5, 5.41) is 3.18. The van der Waals surface area contributed by atoms with Crippen molar-refractivity contribution in [2.75, 3.05) is 38.6 Å². The van der Waals surface area contributed by atoms with Crippen LogP contribution >= 0.6 is 0 Å². The summed E-state index contributed by atoms with van der Waals surface area (Å²) in [6.07, 6.45) is 1.40. The van der Waals surface area contributed by atoms with Gasteiger partial charge in [-0.2, -0.15) is 0 Å². The number of rotatable bonds is 7. The van der Waals surface area contributed by atoms with Crippen LogP contribution in [-0.2, 0) is 16.1 Å². The van der Waals surface area contributed by atoms with Crippen LogP contribution in [0.4, 0.5) is 16.0 Å². The number of amides is 1. The average Bonchev–Trinajstić information content (AvgIpc) is 2.81. The number of carbonyl (C=O) groups is 1. The number of benzene rings is 1. The summed E-state index contributed by atoms with van der Waals surface area (Å²) in [6.45, 7) is 1.96. The standard InChI is InChI=1S/C24H26FN5O2/c1-29(15-18-7-2-3-8-19(18)25)17-24(31)30-13-14-32-21(16-30)20-9-6-11-23(27-20)28-22-10-4-5-12-26-22/h2-12,21H,13-17H2,1H3,(H,26,27,28)/t21-/m0/s1. The highest BCUT2D eigenvalue weighted by Gasteiger charge is 2.27. The summed E-state index contributed by atoms with van der Waals surface area (Å²) in [7, 11) is 1.82. The first-order chi connectivity index (χ1) is 15.6. The number of ether oxygens (including phenoxy) is 1. The lowest BCUT2D eigenvalue weighted by Crippen LogP contribution is -2.46. The third-order valence-corrected chi connectivity index (χ3v) is 5.24. The molecule has 1 aromatic carbocycles. The SMILES string of the molecule is CN(CC(=O)N1CCO[C@H](c2cccc(Nc3ccccn3)n2)C1)Cc1ccccc1F. The summed E-state index contributed by atoms with van der Waals surface area (Å²) < 4.78 is 19.8. The monoisotopic (exact) mass is 435 g/mol. The molecule has 8 heteroatoms. The normalized spacial score (nSPS) is 16.2. The van der Waals surface area contributed by atoms with Crippen molar-refractivity contribution >= 4 is 17.5 Å². The van der Waals surface area contributed by atoms with Gasteiger partial charge in [-0.3, -0.25) is 9.69 Å². The zero-order valence-corrected chi connectivity index (χ0v) is 17.9. The van der Waals surface area contributed by atoms with E-state index in [2.05, 4.69) is 15.3 Å². The lowest BCUT2D eigenvalue weighted by Gasteiger charge is -2.33. The van der Waals surface area contributed by atoms with Crippen LogP contribution in [0.2, 0.25) is 0 Å². The third kappa shape index (κ3) is 5.66. The van der Waals surface area contributed by atoms with Crippen molar-refractivity contribution in [1.82, 2.24) is 19.8 Å². The summed E-state index contributed by atoms with van der Waals surface area (Å²) in [5.41, 5.74) is 1.33. The first-order valence-electron chi connectivity index (χ1n) is 10.5. The van der Waals surface area contributed by atoms with E-state index < -0.39 is 0 Å². The number of nitrogens with one attached hydrogen (secondary N) is 1. The van der Waals surface area contributed by atoms with E-state index in [4.69, 9.17) is 4.74 Å². The van der Waals surface area contributed by atoms with E-state index in [1.807, 2.05) is 48.3 Å². The molecule has 1 fully saturated rings. The van der Waals surface area contributed by atoms with E-state index in [-0.39, 0.29) is 24.4 Å². The second-order valence-corrected chi connectivity index (χ2v) is 7.75. The minimum absolute atomic E-state index is 0.0140. The molecule has 166 valence electrons. The van der Waals surface area contributed by atoms with Crippen molar-refractivity contribution in [3.05, 3.63) is 83.9 Å². The molecule has 1 N–H and O–H groups in total. The van der Waals surface area contributed by atoms with Crippen molar-refractivity contribution in [2.45, 2.75) is 12.6 Å². The van der Waals surface area contributed by atoms with Crippen molar-refractivity contribution < 1.29 is 13.9 Å². The highest BCUT2D eigenvalue weighted by molar-refractivity contribution is 5.78. The molecular weight excluding hydrogens is 409 g/mol. The van der Waals surface area contributed by atoms with E-state index in [9.17, 15) is 9.18 Å². The summed E-state index contributed by atoms with van der Waals surface area (Å²) in [6, 6.07) is 17.9. The van der Waals surface area contributed by atoms with Crippen LogP contribution in [-0.4, -0.2) is 59.0 Å². The van der Waals surface area contributed by atoms with Crippen LogP contribution in [0.15, 0.2) is 66.9 Å². The molecular formula is C24H26FN5O2. The van der Waals surface area contributed by atoms with Crippen LogP contribution in [0, 0.1) is 5.82 Å². The highest BCUT2D eigenvalue weighted by atomic mass is 19.1. The number of nitrogens with zero attached hydrogens (tertiary/aromatic N) is 4. The molecule has 1 amide bonds. The number of hydrogen-bond donors (Lipinski definition) is 1. The molecule has 0 radical (unpaired) electrons. The molecule has 0 unspecified atom stereocenters. The van der Waals surface area contributed by atoms with Gasteiger partial charge in [-0.05, 0) is 37.4 Å². The van der Waals surface area contributed by atoms with Gasteiger partial charge in [-0.15, -0.1) is 0 Å². The number of aromatic nitrogens is 2. The maximum atomic E-state index is 13.9. The van der Waals surface area contributed by atoms with Gasteiger partial charge in [0.2, 0.25) is 5.91 Å². The van der Waals surface area contributed by atoms with Crippen LogP contribution < -0.4 is 5.32 Å². The lowest BCUT2D eigenvalue weighted by atomic mass is 10.1. The van der Waals surface area contributed by atoms with Gasteiger partial charge in [0.25, 0.3) is 0 Å². The molecule has 1 aliphatic heterocycles. The minimum atomic E-state index is -0.310. The summed E-state index contributed by atoms with van der Waals surface area (Å²) >= 11 is 0. The van der Waals surface area contributed by atoms with Gasteiger partial charge in [0.05, 0.1) is 25.4 Å². The Balaban J connectivity index is 1.36. The molecule has 1 aliphatic rings. The predicted octanol–water partition coefficient (Wildman–Crippen LogP) is 3.39. The molecule has 4 rings (SSSR count). The van der Waals surface area contributed by atoms with Crippen LogP contribution in [0.5, 0.6) is 0 Å². The first kappa shape index (κ1) is 21.9. The summed E-state index contributed by atoms with van der Waals surface area (Å²) in [5.74, 6) is 1.10. The Morgan fingerprint density at radius 1 is 1.16 bits per heavy atom. The molecule has 3 aromatic rings. The van der Waals surface area contributed by atoms with E-state index in [0.29, 0.717) is 43.4 Å². The zero-order valence-electron chi connectivity index (χ0n) is 17.9. The fraction of sp³-hybridized carbons (Fsp3) is 0.292. The van der Waals surface area contributed by atoms with Gasteiger partial charge in [0.1, 0.15) is 23.6 Å². The molecule has 1 saturated heterocycles. The maximum absolute atomic E-state index is 13.9. The Morgan fingerprint density at radius 2 is 1.97 bits per heavy atom. The average molecular weight is 436 g/mol. The Labute approximate surface area is 186 Å². The quantitative estimate of drug-likeness (QED) is 0.614. The van der Waals surface area contributed by atoms with E-state index >= 15 is 0 Å². The maximum Gasteiger partial charge on any atom is 0.236 e.